The third kappa shape index (κ3) is 7.45. The van der Waals surface area contributed by atoms with E-state index in [1.165, 1.54) is 34.7 Å². The lowest BCUT2D eigenvalue weighted by atomic mass is 10.0. The molecule has 3 aromatic carbocycles. The molecular weight excluding hydrogens is 643 g/mol. The SMILES string of the molecule is CCCN(CCc1cc2c(C(=O)NC)c(-c3ccc(F)cc3)oc2cc1N(C)S)Sc1cc2cccc(F)c2n1C(=O)OC(C)(C)C. The fourth-order valence-corrected chi connectivity index (χ4v) is 6.75. The van der Waals surface area contributed by atoms with E-state index in [0.29, 0.717) is 57.8 Å². The summed E-state index contributed by atoms with van der Waals surface area (Å²) in [6.07, 6.45) is 0.726. The minimum atomic E-state index is -0.769. The van der Waals surface area contributed by atoms with Gasteiger partial charge in [0.05, 0.1) is 16.8 Å². The van der Waals surface area contributed by atoms with E-state index >= 15 is 4.39 Å². The van der Waals surface area contributed by atoms with E-state index in [1.54, 1.807) is 62.5 Å². The summed E-state index contributed by atoms with van der Waals surface area (Å²) in [4.78, 5) is 26.5. The maximum atomic E-state index is 15.1. The summed E-state index contributed by atoms with van der Waals surface area (Å²) < 4.78 is 45.8. The second-order valence-corrected chi connectivity index (χ2v) is 13.9. The molecule has 1 amide bonds. The first-order valence-electron chi connectivity index (χ1n) is 15.3. The minimum absolute atomic E-state index is 0.170. The lowest BCUT2D eigenvalue weighted by Crippen LogP contribution is -2.28. The number of halogens is 2. The van der Waals surface area contributed by atoms with Crippen LogP contribution < -0.4 is 9.62 Å². The number of nitrogens with zero attached hydrogens (tertiary/aromatic N) is 3. The Hall–Kier alpha value is -4.00. The molecule has 2 heterocycles. The van der Waals surface area contributed by atoms with Crippen molar-refractivity contribution < 1.29 is 27.5 Å². The molecule has 0 unspecified atom stereocenters. The van der Waals surface area contributed by atoms with Gasteiger partial charge in [-0.3, -0.25) is 4.79 Å². The van der Waals surface area contributed by atoms with Gasteiger partial charge in [-0.2, -0.15) is 0 Å². The number of fused-ring (bicyclic) bond motifs is 2. The van der Waals surface area contributed by atoms with E-state index in [2.05, 4.69) is 29.4 Å². The Kier molecular flexibility index (Phi) is 10.2. The van der Waals surface area contributed by atoms with Crippen molar-refractivity contribution in [2.45, 2.75) is 51.2 Å². The minimum Gasteiger partial charge on any atom is -0.455 e. The Labute approximate surface area is 282 Å². The molecule has 0 aliphatic carbocycles. The van der Waals surface area contributed by atoms with Crippen molar-refractivity contribution in [1.82, 2.24) is 14.2 Å². The number of benzene rings is 3. The standard InChI is InChI=1S/C35H38F2N4O4S2/c1-7-16-40(47-29-19-23-9-8-10-26(37)31(23)41(29)34(43)45-35(2,3)4)17-15-22-18-25-28(20-27(22)39(6)46)44-32(30(25)33(42)38-5)21-11-13-24(36)14-12-21/h8-14,18-20,46H,7,15-17H2,1-6H3,(H,38,42). The molecule has 0 fully saturated rings. The molecule has 5 aromatic rings. The highest BCUT2D eigenvalue weighted by molar-refractivity contribution is 7.97. The van der Waals surface area contributed by atoms with Gasteiger partial charge >= 0.3 is 6.09 Å². The summed E-state index contributed by atoms with van der Waals surface area (Å²) >= 11 is 5.95. The van der Waals surface area contributed by atoms with Crippen LogP contribution in [0.4, 0.5) is 19.3 Å². The predicted molar refractivity (Wildman–Crippen MR) is 187 cm³/mol. The number of hydrogen-bond acceptors (Lipinski definition) is 8. The Morgan fingerprint density at radius 2 is 1.79 bits per heavy atom. The van der Waals surface area contributed by atoms with Gasteiger partial charge in [-0.1, -0.05) is 31.9 Å². The van der Waals surface area contributed by atoms with E-state index in [0.717, 1.165) is 17.7 Å². The number of amides is 1. The lowest BCUT2D eigenvalue weighted by Gasteiger charge is -2.24. The molecule has 0 saturated heterocycles. The zero-order valence-corrected chi connectivity index (χ0v) is 28.9. The molecule has 12 heteroatoms. The molecule has 0 atom stereocenters. The van der Waals surface area contributed by atoms with Crippen LogP contribution in [0.1, 0.15) is 50.0 Å². The highest BCUT2D eigenvalue weighted by atomic mass is 32.2. The summed E-state index contributed by atoms with van der Waals surface area (Å²) in [5, 5.41) is 4.45. The summed E-state index contributed by atoms with van der Waals surface area (Å²) in [6, 6.07) is 16.1. The first-order chi connectivity index (χ1) is 22.3. The lowest BCUT2D eigenvalue weighted by molar-refractivity contribution is 0.0530. The number of hydrogen-bond donors (Lipinski definition) is 2. The highest BCUT2D eigenvalue weighted by Gasteiger charge is 2.27. The van der Waals surface area contributed by atoms with Crippen molar-refractivity contribution in [3.05, 3.63) is 83.4 Å². The maximum absolute atomic E-state index is 15.1. The molecule has 0 aliphatic rings. The van der Waals surface area contributed by atoms with Crippen molar-refractivity contribution in [1.29, 1.82) is 0 Å². The number of carbonyl (C=O) groups excluding carboxylic acids is 2. The summed E-state index contributed by atoms with van der Waals surface area (Å²) in [6.45, 7) is 8.61. The van der Waals surface area contributed by atoms with E-state index in [1.807, 2.05) is 19.2 Å². The van der Waals surface area contributed by atoms with Gasteiger partial charge < -0.3 is 18.8 Å². The van der Waals surface area contributed by atoms with Gasteiger partial charge in [0.25, 0.3) is 5.91 Å². The number of anilines is 1. The number of nitrogens with one attached hydrogen (secondary N) is 1. The molecule has 5 rings (SSSR count). The summed E-state index contributed by atoms with van der Waals surface area (Å²) in [5.41, 5.74) is 2.52. The normalized spacial score (nSPS) is 11.9. The van der Waals surface area contributed by atoms with Gasteiger partial charge in [0.2, 0.25) is 0 Å². The van der Waals surface area contributed by atoms with Crippen molar-refractivity contribution in [3.8, 4) is 11.3 Å². The van der Waals surface area contributed by atoms with Crippen molar-refractivity contribution >= 4 is 64.3 Å². The van der Waals surface area contributed by atoms with Crippen LogP contribution in [0.5, 0.6) is 0 Å². The molecule has 0 bridgehead atoms. The van der Waals surface area contributed by atoms with Crippen LogP contribution in [-0.2, 0) is 11.2 Å². The van der Waals surface area contributed by atoms with Crippen molar-refractivity contribution in [3.63, 3.8) is 0 Å². The number of aromatic nitrogens is 1. The van der Waals surface area contributed by atoms with Crippen LogP contribution in [0.25, 0.3) is 33.2 Å². The second-order valence-electron chi connectivity index (χ2n) is 12.1. The molecule has 0 radical (unpaired) electrons. The molecule has 1 N–H and O–H groups in total. The molecule has 0 spiro atoms. The second kappa shape index (κ2) is 14.0. The monoisotopic (exact) mass is 680 g/mol. The van der Waals surface area contributed by atoms with E-state index < -0.39 is 23.3 Å². The van der Waals surface area contributed by atoms with Crippen molar-refractivity contribution in [2.75, 3.05) is 31.5 Å². The number of rotatable bonds is 10. The first-order valence-corrected chi connectivity index (χ1v) is 16.4. The number of thiol groups is 1. The molecule has 0 aliphatic heterocycles. The number of furan rings is 1. The third-order valence-corrected chi connectivity index (χ3v) is 8.77. The van der Waals surface area contributed by atoms with Crippen LogP contribution in [-0.4, -0.2) is 53.7 Å². The Balaban J connectivity index is 1.52. The van der Waals surface area contributed by atoms with Gasteiger partial charge in [0.1, 0.15) is 33.6 Å². The number of para-hydroxylation sites is 1. The van der Waals surface area contributed by atoms with E-state index in [4.69, 9.17) is 9.15 Å². The predicted octanol–water partition coefficient (Wildman–Crippen LogP) is 8.72. The molecule has 8 nitrogen and oxygen atoms in total. The fourth-order valence-electron chi connectivity index (χ4n) is 5.41. The molecule has 248 valence electrons. The van der Waals surface area contributed by atoms with Crippen LogP contribution in [0.3, 0.4) is 0 Å². The zero-order chi connectivity index (χ0) is 34.0. The average molecular weight is 681 g/mol. The number of carbonyl (C=O) groups is 2. The number of ether oxygens (including phenoxy) is 1. The average Bonchev–Trinajstić information content (AvgIpc) is 3.57. The largest absolute Gasteiger partial charge is 0.455 e. The smallest absolute Gasteiger partial charge is 0.420 e. The first kappa shape index (κ1) is 34.3. The van der Waals surface area contributed by atoms with Crippen molar-refractivity contribution in [2.24, 2.45) is 0 Å². The topological polar surface area (TPSA) is 80.0 Å². The maximum Gasteiger partial charge on any atom is 0.420 e. The zero-order valence-electron chi connectivity index (χ0n) is 27.2. The third-order valence-electron chi connectivity index (χ3n) is 7.44. The van der Waals surface area contributed by atoms with Crippen LogP contribution in [0, 0.1) is 11.6 Å². The van der Waals surface area contributed by atoms with Gasteiger partial charge in [-0.15, -0.1) is 0 Å². The van der Waals surface area contributed by atoms with Gasteiger partial charge in [-0.05, 0) is 93.6 Å². The van der Waals surface area contributed by atoms with Crippen LogP contribution in [0.2, 0.25) is 0 Å². The Bertz CT molecular complexity index is 1930. The summed E-state index contributed by atoms with van der Waals surface area (Å²) in [5.74, 6) is -0.885. The Morgan fingerprint density at radius 1 is 1.06 bits per heavy atom. The fraction of sp³-hybridized carbons (Fsp3) is 0.314. The van der Waals surface area contributed by atoms with Gasteiger partial charge in [-0.25, -0.2) is 22.4 Å². The van der Waals surface area contributed by atoms with E-state index in [9.17, 15) is 14.0 Å². The molecular formula is C35H38F2N4O4S2. The van der Waals surface area contributed by atoms with Crippen LogP contribution in [0.15, 0.2) is 70.1 Å². The quantitative estimate of drug-likeness (QED) is 0.113. The van der Waals surface area contributed by atoms with Gasteiger partial charge in [0, 0.05) is 49.6 Å². The van der Waals surface area contributed by atoms with E-state index in [-0.39, 0.29) is 11.4 Å². The highest BCUT2D eigenvalue weighted by Crippen LogP contribution is 2.39. The molecule has 2 aromatic heterocycles. The van der Waals surface area contributed by atoms with Crippen LogP contribution >= 0.6 is 24.8 Å². The summed E-state index contributed by atoms with van der Waals surface area (Å²) in [7, 11) is 3.36. The molecule has 47 heavy (non-hydrogen) atoms. The Morgan fingerprint density at radius 3 is 2.43 bits per heavy atom. The molecule has 0 saturated carbocycles. The van der Waals surface area contributed by atoms with Gasteiger partial charge in [0.15, 0.2) is 0 Å².